The number of aliphatic hydroxyl groups is 6. The third-order valence-corrected chi connectivity index (χ3v) is 27.0. The normalized spacial score (nSPS) is 21.9. The van der Waals surface area contributed by atoms with Crippen molar-refractivity contribution in [2.24, 2.45) is 35.3 Å². The molecule has 6 heterocycles. The van der Waals surface area contributed by atoms with Gasteiger partial charge in [-0.15, -0.1) is 5.10 Å². The molecule has 794 valence electrons. The van der Waals surface area contributed by atoms with Gasteiger partial charge in [-0.2, -0.15) is 4.31 Å². The fourth-order valence-corrected chi connectivity index (χ4v) is 18.7. The van der Waals surface area contributed by atoms with Gasteiger partial charge < -0.3 is 141 Å². The van der Waals surface area contributed by atoms with Crippen molar-refractivity contribution in [3.63, 3.8) is 0 Å². The predicted octanol–water partition coefficient (Wildman–Crippen LogP) is 0.0750. The Kier molecular flexibility index (Phi) is 46.1. The standard InChI is InChI=1S/C89H140N18O33P2/c1-16-51(8)71(61(129-14)40-66(110)106-32-21-25-60(106)78(130-15)52(9)80(117)94-53(10)72(111)56-22-18-17-19-23-56)103(12)85(122)68(49(4)5)100-84(121)70(50(6)7)104(13)89(124)135-44-55-26-28-57(29-27-55)97-81(118)59(24-20-31-91-88(90)123)98-82(119)67(48(2)3)99-64(108)30-33-131-34-35-132-36-37-133-38-39-134-45-58-42-105(102-101-58)43-65(109)92-41-62-73(112)75(114)77(116)87(138-62)139-142(127,128)140-141(125,126)136-46-63-74(113)76(115)86(137-63)107-47-93-69-79(107)95-54(11)96-83(69)120/h17-19,22-23,26-29,42,47-53,59-63,67-68,70-78,86-87,111-116H,16,20-21,24-25,30-41,43-46H2,1-15H3,(H,92,109)(H,94,117)(H,97,118)(H,98,119)(H,99,108)(H,100,121)(H,125,126)(H,127,128)(H3,90,91,123)(H,95,96,120)/t51-,52+,53+,59-,60-,61+,62?,63+,67-,68-,70-,71-,72+,73+,74?,75-,76-,77?,78+,86+,87+/m0/s1. The zero-order valence-corrected chi connectivity index (χ0v) is 84.1. The first-order chi connectivity index (χ1) is 67.2. The molecule has 8 rings (SSSR count). The van der Waals surface area contributed by atoms with Gasteiger partial charge in [0.25, 0.3) is 5.56 Å². The third-order valence-electron chi connectivity index (χ3n) is 24.4. The first-order valence-electron chi connectivity index (χ1n) is 46.9. The number of likely N-dealkylation sites (N-methyl/N-ethyl adjacent to an activating group) is 2. The minimum atomic E-state index is -5.81. The number of urea groups is 1. The van der Waals surface area contributed by atoms with Gasteiger partial charge in [-0.3, -0.25) is 61.7 Å². The fraction of sp³-hybridized carbons (Fsp3) is 0.674. The molecule has 142 heavy (non-hydrogen) atoms. The number of nitrogens with one attached hydrogen (secondary N) is 8. The van der Waals surface area contributed by atoms with Crippen LogP contribution < -0.4 is 48.5 Å². The van der Waals surface area contributed by atoms with E-state index in [0.29, 0.717) is 48.3 Å². The van der Waals surface area contributed by atoms with Crippen molar-refractivity contribution in [1.29, 1.82) is 0 Å². The Morgan fingerprint density at radius 2 is 1.35 bits per heavy atom. The summed E-state index contributed by atoms with van der Waals surface area (Å²) < 4.78 is 93.0. The molecule has 53 heteroatoms. The molecule has 51 nitrogen and oxygen atoms in total. The molecule has 23 atom stereocenters. The van der Waals surface area contributed by atoms with E-state index in [4.69, 9.17) is 57.4 Å². The van der Waals surface area contributed by atoms with Crippen LogP contribution in [-0.4, -0.2) is 353 Å². The van der Waals surface area contributed by atoms with E-state index in [-0.39, 0.29) is 126 Å². The molecule has 0 radical (unpaired) electrons. The summed E-state index contributed by atoms with van der Waals surface area (Å²) in [6.45, 7) is 18.2. The summed E-state index contributed by atoms with van der Waals surface area (Å²) in [5.41, 5.74) is 6.26. The number of ether oxygens (including phenoxy) is 9. The van der Waals surface area contributed by atoms with E-state index in [1.807, 2.05) is 19.9 Å². The topological polar surface area (TPSA) is 692 Å². The second-order valence-electron chi connectivity index (χ2n) is 36.1. The average Bonchev–Trinajstić information content (AvgIpc) is 1.61. The van der Waals surface area contributed by atoms with Gasteiger partial charge in [-0.05, 0) is 86.5 Å². The van der Waals surface area contributed by atoms with E-state index in [9.17, 15) is 102 Å². The molecule has 18 N–H and O–H groups in total. The summed E-state index contributed by atoms with van der Waals surface area (Å²) in [6.07, 6.45) is -15.9. The maximum absolute atomic E-state index is 14.9. The van der Waals surface area contributed by atoms with Crippen LogP contribution in [-0.2, 0) is 123 Å². The van der Waals surface area contributed by atoms with Gasteiger partial charge in [0, 0.05) is 60.1 Å². The number of benzene rings is 2. The predicted molar refractivity (Wildman–Crippen MR) is 502 cm³/mol. The van der Waals surface area contributed by atoms with Crippen molar-refractivity contribution in [2.45, 2.75) is 257 Å². The molecule has 2 aromatic carbocycles. The molecule has 3 saturated heterocycles. The highest BCUT2D eigenvalue weighted by Crippen LogP contribution is 2.62. The van der Waals surface area contributed by atoms with Crippen molar-refractivity contribution in [2.75, 3.05) is 106 Å². The Bertz CT molecular complexity index is 5090. The van der Waals surface area contributed by atoms with Crippen LogP contribution in [0.25, 0.3) is 11.2 Å². The molecular weight excluding hydrogens is 1910 g/mol. The van der Waals surface area contributed by atoms with Crippen LogP contribution in [0, 0.1) is 36.5 Å². The molecule has 11 amide bonds. The highest BCUT2D eigenvalue weighted by molar-refractivity contribution is 7.61. The van der Waals surface area contributed by atoms with Crippen molar-refractivity contribution in [1.82, 2.24) is 81.1 Å². The Morgan fingerprint density at radius 3 is 1.97 bits per heavy atom. The number of aryl methyl sites for hydroxylation is 1. The molecule has 0 spiro atoms. The maximum atomic E-state index is 14.9. The number of carbonyl (C=O) groups is 10. The number of carbonyl (C=O) groups excluding carboxylic acids is 10. The Balaban J connectivity index is 0.699. The molecule has 0 bridgehead atoms. The number of methoxy groups -OCH3 is 2. The molecule has 5 unspecified atom stereocenters. The maximum Gasteiger partial charge on any atom is 0.483 e. The summed E-state index contributed by atoms with van der Waals surface area (Å²) in [4.78, 5) is 185. The number of H-pyrrole nitrogens is 1. The van der Waals surface area contributed by atoms with Crippen LogP contribution in [0.4, 0.5) is 15.3 Å². The minimum absolute atomic E-state index is 0.0286. The number of anilines is 1. The van der Waals surface area contributed by atoms with Gasteiger partial charge in [0.05, 0.1) is 121 Å². The first kappa shape index (κ1) is 117. The van der Waals surface area contributed by atoms with E-state index in [1.165, 1.54) is 39.3 Å². The van der Waals surface area contributed by atoms with Gasteiger partial charge in [-0.1, -0.05) is 116 Å². The van der Waals surface area contributed by atoms with Gasteiger partial charge in [0.15, 0.2) is 23.7 Å². The van der Waals surface area contributed by atoms with Crippen LogP contribution in [0.15, 0.2) is 71.9 Å². The number of phosphoric ester groups is 2. The molecule has 0 saturated carbocycles. The fourth-order valence-electron chi connectivity index (χ4n) is 16.5. The second-order valence-corrected chi connectivity index (χ2v) is 39.1. The summed E-state index contributed by atoms with van der Waals surface area (Å²) >= 11 is 0. The number of fused-ring (bicyclic) bond motifs is 1. The number of likely N-dealkylation sites (tertiary alicyclic amines) is 1. The molecule has 5 aromatic rings. The third kappa shape index (κ3) is 34.0. The number of primary amides is 1. The van der Waals surface area contributed by atoms with Gasteiger partial charge in [-0.25, -0.2) is 33.4 Å². The van der Waals surface area contributed by atoms with E-state index < -0.39 is 228 Å². The Morgan fingerprint density at radius 1 is 0.697 bits per heavy atom. The molecule has 3 fully saturated rings. The van der Waals surface area contributed by atoms with Crippen LogP contribution >= 0.6 is 15.6 Å². The number of phosphoric acid groups is 2. The zero-order valence-electron chi connectivity index (χ0n) is 82.3. The number of hydrogen-bond donors (Lipinski definition) is 17. The number of aromatic amines is 1. The summed E-state index contributed by atoms with van der Waals surface area (Å²) in [5, 5.41) is 90.9. The number of nitrogens with two attached hydrogens (primary N) is 1. The molecule has 3 aromatic heterocycles. The lowest BCUT2D eigenvalue weighted by atomic mass is 9.89. The van der Waals surface area contributed by atoms with E-state index in [1.54, 1.807) is 116 Å². The van der Waals surface area contributed by atoms with Crippen LogP contribution in [0.1, 0.15) is 149 Å². The van der Waals surface area contributed by atoms with Crippen LogP contribution in [0.3, 0.4) is 0 Å². The van der Waals surface area contributed by atoms with Crippen LogP contribution in [0.2, 0.25) is 0 Å². The number of nitrogens with zero attached hydrogens (tertiary/aromatic N) is 9. The summed E-state index contributed by atoms with van der Waals surface area (Å²) in [5.74, 6) is -6.37. The van der Waals surface area contributed by atoms with E-state index in [2.05, 4.69) is 66.8 Å². The van der Waals surface area contributed by atoms with Gasteiger partial charge in [0.1, 0.15) is 91.6 Å². The second kappa shape index (κ2) is 55.9. The first-order valence-corrected chi connectivity index (χ1v) is 49.9. The van der Waals surface area contributed by atoms with Crippen molar-refractivity contribution >= 4 is 91.9 Å². The number of aromatic nitrogens is 7. The van der Waals surface area contributed by atoms with Crippen molar-refractivity contribution < 1.29 is 153 Å². The van der Waals surface area contributed by atoms with Gasteiger partial charge >= 0.3 is 27.8 Å². The highest BCUT2D eigenvalue weighted by atomic mass is 31.3. The number of imidazole rings is 1. The number of rotatable bonds is 58. The molecule has 3 aliphatic rings. The van der Waals surface area contributed by atoms with Crippen molar-refractivity contribution in [3.05, 3.63) is 100 Å². The lowest BCUT2D eigenvalue weighted by molar-refractivity contribution is -0.273. The largest absolute Gasteiger partial charge is 0.483 e. The van der Waals surface area contributed by atoms with E-state index in [0.717, 1.165) is 20.5 Å². The Hall–Kier alpha value is -10.1. The molecular formula is C89H140N18O33P2. The van der Waals surface area contributed by atoms with Crippen molar-refractivity contribution in [3.8, 4) is 0 Å². The highest BCUT2D eigenvalue weighted by Gasteiger charge is 2.52. The molecule has 0 aliphatic carbocycles. The monoisotopic (exact) mass is 2050 g/mol. The smallest absolute Gasteiger partial charge is 0.445 e. The number of aliphatic hydroxyl groups excluding tert-OH is 6. The zero-order chi connectivity index (χ0) is 105. The molecule has 3 aliphatic heterocycles. The lowest BCUT2D eigenvalue weighted by Crippen LogP contribution is -2.60. The number of hydrogen-bond acceptors (Lipinski definition) is 35. The van der Waals surface area contributed by atoms with E-state index >= 15 is 0 Å². The minimum Gasteiger partial charge on any atom is -0.445 e. The summed E-state index contributed by atoms with van der Waals surface area (Å²) in [6, 6.07) is 8.24. The van der Waals surface area contributed by atoms with Crippen LogP contribution in [0.5, 0.6) is 0 Å². The SMILES string of the molecule is CC[C@H](C)[C@@H]([C@@H](CC(=O)N1CCC[C@H]1[C@H](OC)[C@@H](C)C(=O)N[C@H](C)[C@@H](O)c1ccccc1)OC)N(C)C(=O)[C@@H](NC(=O)[C@H](C(C)C)N(C)C(=O)OCc1ccc(NC(=O)[C@H](CCCNC(N)=O)NC(=O)[C@@H](NC(=O)CCOCCOCCOCCOCc2cn(CC(=O)NCC3O[C@H](OP(=O)(O)OP(=O)(O)OC[C@H]4O[C@@H](n5cnc6c(=O)[nH]c(C)nc65)[C@@H](O)C4O)C(O)[C@@H](O)[C@@H]3O)nn2)C(C)C)cc1)C(C)C. The number of amides is 11. The summed E-state index contributed by atoms with van der Waals surface area (Å²) in [7, 11) is -5.45. The van der Waals surface area contributed by atoms with Gasteiger partial charge in [0.2, 0.25) is 47.3 Å². The lowest BCUT2D eigenvalue weighted by Gasteiger charge is -2.41. The Labute approximate surface area is 821 Å². The quantitative estimate of drug-likeness (QED) is 0.0181. The average molecular weight is 2050 g/mol.